The van der Waals surface area contributed by atoms with E-state index < -0.39 is 23.5 Å². The smallest absolute Gasteiger partial charge is 0.326 e. The third-order valence-corrected chi connectivity index (χ3v) is 3.07. The van der Waals surface area contributed by atoms with E-state index in [9.17, 15) is 22.4 Å². The lowest BCUT2D eigenvalue weighted by Gasteiger charge is -2.09. The van der Waals surface area contributed by atoms with Gasteiger partial charge >= 0.3 is 6.18 Å². The molecule has 1 N–H and O–H groups in total. The lowest BCUT2D eigenvalue weighted by Crippen LogP contribution is -2.15. The van der Waals surface area contributed by atoms with Crippen LogP contribution in [0.5, 0.6) is 0 Å². The Morgan fingerprint density at radius 1 is 1.14 bits per heavy atom. The van der Waals surface area contributed by atoms with Gasteiger partial charge in [0.05, 0.1) is 12.0 Å². The third-order valence-electron chi connectivity index (χ3n) is 3.07. The van der Waals surface area contributed by atoms with Gasteiger partial charge in [-0.05, 0) is 36.2 Å². The number of halogens is 4. The first-order valence-electron chi connectivity index (χ1n) is 6.48. The first-order valence-corrected chi connectivity index (χ1v) is 6.48. The van der Waals surface area contributed by atoms with Crippen LogP contribution < -0.4 is 5.32 Å². The van der Waals surface area contributed by atoms with Crippen LogP contribution in [0.25, 0.3) is 0 Å². The molecule has 116 valence electrons. The molecule has 0 spiro atoms. The first-order chi connectivity index (χ1) is 10.3. The quantitative estimate of drug-likeness (QED) is 0.840. The molecule has 2 aromatic rings. The van der Waals surface area contributed by atoms with Gasteiger partial charge in [0.2, 0.25) is 5.91 Å². The van der Waals surface area contributed by atoms with Gasteiger partial charge < -0.3 is 5.32 Å². The molecule has 22 heavy (non-hydrogen) atoms. The number of rotatable bonds is 3. The average molecular weight is 311 g/mol. The molecule has 2 nitrogen and oxygen atoms in total. The van der Waals surface area contributed by atoms with Crippen LogP contribution in [0.4, 0.5) is 23.2 Å². The number of carbonyl (C=O) groups excluding carboxylic acids is 1. The van der Waals surface area contributed by atoms with Crippen molar-refractivity contribution in [2.75, 3.05) is 5.32 Å². The Labute approximate surface area is 124 Å². The normalized spacial score (nSPS) is 11.3. The zero-order chi connectivity index (χ0) is 16.3. The molecule has 0 bridgehead atoms. The Kier molecular flexibility index (Phi) is 4.49. The minimum atomic E-state index is -4.45. The molecule has 1 amide bonds. The second-order valence-electron chi connectivity index (χ2n) is 4.89. The number of aryl methyl sites for hydroxylation is 1. The highest BCUT2D eigenvalue weighted by molar-refractivity contribution is 5.92. The van der Waals surface area contributed by atoms with Crippen molar-refractivity contribution in [1.82, 2.24) is 0 Å². The van der Waals surface area contributed by atoms with E-state index in [0.29, 0.717) is 5.56 Å². The molecule has 0 aliphatic carbocycles. The molecule has 0 atom stereocenters. The van der Waals surface area contributed by atoms with Gasteiger partial charge in [-0.3, -0.25) is 4.79 Å². The van der Waals surface area contributed by atoms with Gasteiger partial charge in [0.15, 0.2) is 0 Å². The summed E-state index contributed by atoms with van der Waals surface area (Å²) in [5, 5.41) is 2.46. The van der Waals surface area contributed by atoms with E-state index in [1.54, 1.807) is 6.92 Å². The third kappa shape index (κ3) is 4.07. The lowest BCUT2D eigenvalue weighted by molar-refractivity contribution is -0.137. The van der Waals surface area contributed by atoms with Crippen molar-refractivity contribution in [2.45, 2.75) is 19.5 Å². The number of hydrogen-bond donors (Lipinski definition) is 1. The van der Waals surface area contributed by atoms with Gasteiger partial charge in [-0.1, -0.05) is 24.3 Å². The number of hydrogen-bond acceptors (Lipinski definition) is 1. The van der Waals surface area contributed by atoms with Crippen LogP contribution in [0.15, 0.2) is 42.5 Å². The summed E-state index contributed by atoms with van der Waals surface area (Å²) in [5.74, 6) is -0.973. The standard InChI is InChI=1S/C16H13F4NO/c1-10-5-6-13(9-14(10)17)21-15(22)8-11-3-2-4-12(7-11)16(18,19)20/h2-7,9H,8H2,1H3,(H,21,22). The summed E-state index contributed by atoms with van der Waals surface area (Å²) >= 11 is 0. The molecule has 0 saturated heterocycles. The second kappa shape index (κ2) is 6.17. The number of alkyl halides is 3. The highest BCUT2D eigenvalue weighted by Crippen LogP contribution is 2.29. The average Bonchev–Trinajstić information content (AvgIpc) is 2.42. The summed E-state index contributed by atoms with van der Waals surface area (Å²) in [6, 6.07) is 8.75. The van der Waals surface area contributed by atoms with E-state index in [4.69, 9.17) is 0 Å². The highest BCUT2D eigenvalue weighted by Gasteiger charge is 2.30. The minimum Gasteiger partial charge on any atom is -0.326 e. The van der Waals surface area contributed by atoms with Crippen molar-refractivity contribution in [3.05, 3.63) is 65.0 Å². The van der Waals surface area contributed by atoms with Crippen LogP contribution in [0.1, 0.15) is 16.7 Å². The summed E-state index contributed by atoms with van der Waals surface area (Å²) in [6.45, 7) is 1.59. The molecular formula is C16H13F4NO. The Morgan fingerprint density at radius 2 is 1.86 bits per heavy atom. The molecule has 0 unspecified atom stereocenters. The van der Waals surface area contributed by atoms with E-state index >= 15 is 0 Å². The van der Waals surface area contributed by atoms with Crippen LogP contribution in [0.3, 0.4) is 0 Å². The number of nitrogens with one attached hydrogen (secondary N) is 1. The molecule has 0 radical (unpaired) electrons. The van der Waals surface area contributed by atoms with Crippen LogP contribution >= 0.6 is 0 Å². The van der Waals surface area contributed by atoms with Crippen LogP contribution in [0.2, 0.25) is 0 Å². The minimum absolute atomic E-state index is 0.223. The monoisotopic (exact) mass is 311 g/mol. The van der Waals surface area contributed by atoms with Crippen molar-refractivity contribution in [1.29, 1.82) is 0 Å². The van der Waals surface area contributed by atoms with Crippen molar-refractivity contribution < 1.29 is 22.4 Å². The maximum atomic E-state index is 13.4. The first kappa shape index (κ1) is 16.0. The van der Waals surface area contributed by atoms with Gasteiger partial charge in [-0.2, -0.15) is 13.2 Å². The van der Waals surface area contributed by atoms with Gasteiger partial charge in [0, 0.05) is 5.69 Å². The Bertz CT molecular complexity index is 695. The highest BCUT2D eigenvalue weighted by atomic mass is 19.4. The lowest BCUT2D eigenvalue weighted by atomic mass is 10.1. The van der Waals surface area contributed by atoms with Crippen molar-refractivity contribution in [2.24, 2.45) is 0 Å². The van der Waals surface area contributed by atoms with E-state index in [1.165, 1.54) is 30.3 Å². The maximum Gasteiger partial charge on any atom is 0.416 e. The zero-order valence-electron chi connectivity index (χ0n) is 11.7. The molecule has 0 aliphatic heterocycles. The van der Waals surface area contributed by atoms with E-state index in [0.717, 1.165) is 12.1 Å². The number of amides is 1. The van der Waals surface area contributed by atoms with E-state index in [1.807, 2.05) is 0 Å². The van der Waals surface area contributed by atoms with E-state index in [-0.39, 0.29) is 17.7 Å². The molecule has 0 fully saturated rings. The number of anilines is 1. The van der Waals surface area contributed by atoms with Crippen LogP contribution in [-0.2, 0) is 17.4 Å². The predicted molar refractivity (Wildman–Crippen MR) is 74.9 cm³/mol. The summed E-state index contributed by atoms with van der Waals surface area (Å²) in [5.41, 5.74) is 0.134. The van der Waals surface area contributed by atoms with Crippen molar-refractivity contribution >= 4 is 11.6 Å². The molecule has 0 heterocycles. The summed E-state index contributed by atoms with van der Waals surface area (Å²) in [7, 11) is 0. The Hall–Kier alpha value is -2.37. The van der Waals surface area contributed by atoms with Gasteiger partial charge in [0.25, 0.3) is 0 Å². The number of carbonyl (C=O) groups is 1. The predicted octanol–water partition coefficient (Wildman–Crippen LogP) is 4.33. The molecule has 0 saturated carbocycles. The zero-order valence-corrected chi connectivity index (χ0v) is 11.7. The molecule has 2 rings (SSSR count). The molecule has 0 aliphatic rings. The number of benzene rings is 2. The fourth-order valence-corrected chi connectivity index (χ4v) is 1.92. The molecule has 6 heteroatoms. The SMILES string of the molecule is Cc1ccc(NC(=O)Cc2cccc(C(F)(F)F)c2)cc1F. The van der Waals surface area contributed by atoms with Gasteiger partial charge in [-0.25, -0.2) is 4.39 Å². The van der Waals surface area contributed by atoms with Crippen LogP contribution in [-0.4, -0.2) is 5.91 Å². The second-order valence-corrected chi connectivity index (χ2v) is 4.89. The molecule has 2 aromatic carbocycles. The summed E-state index contributed by atoms with van der Waals surface area (Å²) in [4.78, 5) is 11.8. The molecule has 0 aromatic heterocycles. The summed E-state index contributed by atoms with van der Waals surface area (Å²) < 4.78 is 51.1. The Balaban J connectivity index is 2.07. The van der Waals surface area contributed by atoms with Crippen molar-refractivity contribution in [3.63, 3.8) is 0 Å². The van der Waals surface area contributed by atoms with Crippen LogP contribution in [0, 0.1) is 12.7 Å². The Morgan fingerprint density at radius 3 is 2.50 bits per heavy atom. The van der Waals surface area contributed by atoms with Gasteiger partial charge in [0.1, 0.15) is 5.82 Å². The van der Waals surface area contributed by atoms with E-state index in [2.05, 4.69) is 5.32 Å². The molecular weight excluding hydrogens is 298 g/mol. The largest absolute Gasteiger partial charge is 0.416 e. The maximum absolute atomic E-state index is 13.4. The fraction of sp³-hybridized carbons (Fsp3) is 0.188. The van der Waals surface area contributed by atoms with Crippen molar-refractivity contribution in [3.8, 4) is 0 Å². The van der Waals surface area contributed by atoms with Gasteiger partial charge in [-0.15, -0.1) is 0 Å². The fourth-order valence-electron chi connectivity index (χ4n) is 1.92. The summed E-state index contributed by atoms with van der Waals surface area (Å²) in [6.07, 6.45) is -4.67. The topological polar surface area (TPSA) is 29.1 Å².